The van der Waals surface area contributed by atoms with Gasteiger partial charge in [0.2, 0.25) is 0 Å². The first-order valence-corrected chi connectivity index (χ1v) is 7.26. The molecule has 0 radical (unpaired) electrons. The Labute approximate surface area is 92.6 Å². The summed E-state index contributed by atoms with van der Waals surface area (Å²) in [5.41, 5.74) is 0. The van der Waals surface area contributed by atoms with Crippen LogP contribution in [-0.4, -0.2) is 37.7 Å². The lowest BCUT2D eigenvalue weighted by atomic mass is 10.1. The Morgan fingerprint density at radius 1 is 1.36 bits per heavy atom. The molecule has 0 aromatic carbocycles. The van der Waals surface area contributed by atoms with Crippen molar-refractivity contribution in [3.8, 4) is 0 Å². The molecule has 1 rings (SSSR count). The first-order valence-electron chi connectivity index (χ1n) is 5.86. The predicted molar refractivity (Wildman–Crippen MR) is 66.1 cm³/mol. The van der Waals surface area contributed by atoms with Crippen LogP contribution in [-0.2, 0) is 0 Å². The molecule has 1 fully saturated rings. The number of hydrogen-bond donors (Lipinski definition) is 2. The van der Waals surface area contributed by atoms with Crippen LogP contribution in [0.4, 0.5) is 0 Å². The van der Waals surface area contributed by atoms with Gasteiger partial charge in [0.25, 0.3) is 0 Å². The maximum Gasteiger partial charge on any atom is 0.0192 e. The summed E-state index contributed by atoms with van der Waals surface area (Å²) < 4.78 is 0. The van der Waals surface area contributed by atoms with E-state index in [0.717, 1.165) is 6.04 Å². The summed E-state index contributed by atoms with van der Waals surface area (Å²) in [5.74, 6) is 1.32. The molecule has 0 aliphatic carbocycles. The monoisotopic (exact) mass is 216 g/mol. The number of unbranched alkanes of at least 4 members (excludes halogenated alkanes) is 2. The molecule has 0 aromatic heterocycles. The molecule has 1 atom stereocenters. The molecule has 3 heteroatoms. The van der Waals surface area contributed by atoms with Crippen molar-refractivity contribution in [1.29, 1.82) is 0 Å². The fourth-order valence-electron chi connectivity index (χ4n) is 1.88. The van der Waals surface area contributed by atoms with Crippen molar-refractivity contribution in [3.63, 3.8) is 0 Å². The van der Waals surface area contributed by atoms with Gasteiger partial charge in [-0.1, -0.05) is 6.42 Å². The van der Waals surface area contributed by atoms with E-state index in [1.807, 2.05) is 11.8 Å². The van der Waals surface area contributed by atoms with Crippen LogP contribution in [0, 0.1) is 0 Å². The molecule has 0 spiro atoms. The van der Waals surface area contributed by atoms with Gasteiger partial charge in [0.1, 0.15) is 0 Å². The summed E-state index contributed by atoms with van der Waals surface area (Å²) in [6, 6.07) is 0.740. The van der Waals surface area contributed by atoms with Crippen LogP contribution in [0.5, 0.6) is 0 Å². The lowest BCUT2D eigenvalue weighted by Crippen LogP contribution is -2.43. The van der Waals surface area contributed by atoms with Crippen LogP contribution in [0.15, 0.2) is 0 Å². The fraction of sp³-hybridized carbons (Fsp3) is 1.00. The predicted octanol–water partition coefficient (Wildman–Crippen LogP) is 1.86. The zero-order valence-corrected chi connectivity index (χ0v) is 10.2. The minimum Gasteiger partial charge on any atom is -0.315 e. The van der Waals surface area contributed by atoms with E-state index in [4.69, 9.17) is 0 Å². The van der Waals surface area contributed by atoms with Gasteiger partial charge in [-0.3, -0.25) is 0 Å². The quantitative estimate of drug-likeness (QED) is 0.635. The van der Waals surface area contributed by atoms with Crippen molar-refractivity contribution in [2.24, 2.45) is 0 Å². The summed E-state index contributed by atoms with van der Waals surface area (Å²) in [5, 5.41) is 7.06. The van der Waals surface area contributed by atoms with E-state index in [1.165, 1.54) is 57.5 Å². The van der Waals surface area contributed by atoms with Gasteiger partial charge in [-0.25, -0.2) is 0 Å². The second-order valence-electron chi connectivity index (χ2n) is 4.05. The van der Waals surface area contributed by atoms with Gasteiger partial charge in [-0.05, 0) is 50.8 Å². The minimum atomic E-state index is 0.740. The van der Waals surface area contributed by atoms with E-state index in [9.17, 15) is 0 Å². The molecule has 1 saturated heterocycles. The normalized spacial score (nSPS) is 22.5. The van der Waals surface area contributed by atoms with Crippen LogP contribution in [0.25, 0.3) is 0 Å². The summed E-state index contributed by atoms with van der Waals surface area (Å²) in [4.78, 5) is 0. The lowest BCUT2D eigenvalue weighted by Gasteiger charge is -2.23. The lowest BCUT2D eigenvalue weighted by molar-refractivity contribution is 0.387. The number of thioether (sulfide) groups is 1. The van der Waals surface area contributed by atoms with Crippen LogP contribution >= 0.6 is 11.8 Å². The average molecular weight is 216 g/mol. The highest BCUT2D eigenvalue weighted by Gasteiger charge is 2.10. The fourth-order valence-corrected chi connectivity index (χ4v) is 2.37. The first kappa shape index (κ1) is 12.3. The molecule has 1 aliphatic rings. The number of nitrogens with one attached hydrogen (secondary N) is 2. The van der Waals surface area contributed by atoms with Crippen molar-refractivity contribution >= 4 is 11.8 Å². The Bertz CT molecular complexity index is 124. The van der Waals surface area contributed by atoms with Gasteiger partial charge in [-0.15, -0.1) is 0 Å². The van der Waals surface area contributed by atoms with Crippen molar-refractivity contribution in [2.75, 3.05) is 31.6 Å². The molecule has 2 nitrogen and oxygen atoms in total. The van der Waals surface area contributed by atoms with Crippen molar-refractivity contribution in [2.45, 2.75) is 38.1 Å². The highest BCUT2D eigenvalue weighted by atomic mass is 32.2. The second kappa shape index (κ2) is 8.57. The third kappa shape index (κ3) is 5.89. The molecule has 0 bridgehead atoms. The molecule has 2 N–H and O–H groups in total. The SMILES string of the molecule is CSCCCCCNC1CCCNC1. The third-order valence-corrected chi connectivity index (χ3v) is 3.45. The first-order chi connectivity index (χ1) is 6.93. The number of piperidine rings is 1. The smallest absolute Gasteiger partial charge is 0.0192 e. The van der Waals surface area contributed by atoms with E-state index >= 15 is 0 Å². The van der Waals surface area contributed by atoms with E-state index < -0.39 is 0 Å². The second-order valence-corrected chi connectivity index (χ2v) is 5.04. The molecule has 1 heterocycles. The highest BCUT2D eigenvalue weighted by molar-refractivity contribution is 7.98. The maximum absolute atomic E-state index is 3.63. The zero-order chi connectivity index (χ0) is 10.1. The summed E-state index contributed by atoms with van der Waals surface area (Å²) >= 11 is 1.96. The average Bonchev–Trinajstić information content (AvgIpc) is 2.25. The van der Waals surface area contributed by atoms with Gasteiger partial charge in [0, 0.05) is 12.6 Å². The summed E-state index contributed by atoms with van der Waals surface area (Å²) in [6.07, 6.45) is 8.99. The number of hydrogen-bond acceptors (Lipinski definition) is 3. The Morgan fingerprint density at radius 3 is 3.00 bits per heavy atom. The molecule has 0 aromatic rings. The molecule has 1 aliphatic heterocycles. The maximum atomic E-state index is 3.63. The van der Waals surface area contributed by atoms with E-state index in [-0.39, 0.29) is 0 Å². The molecule has 84 valence electrons. The van der Waals surface area contributed by atoms with E-state index in [2.05, 4.69) is 16.9 Å². The van der Waals surface area contributed by atoms with Crippen molar-refractivity contribution in [1.82, 2.24) is 10.6 Å². The summed E-state index contributed by atoms with van der Waals surface area (Å²) in [6.45, 7) is 3.59. The Hall–Kier alpha value is 0.270. The number of rotatable bonds is 7. The highest BCUT2D eigenvalue weighted by Crippen LogP contribution is 2.03. The molecule has 1 unspecified atom stereocenters. The molecule has 14 heavy (non-hydrogen) atoms. The Morgan fingerprint density at radius 2 is 2.29 bits per heavy atom. The van der Waals surface area contributed by atoms with Crippen LogP contribution < -0.4 is 10.6 Å². The van der Waals surface area contributed by atoms with E-state index in [0.29, 0.717) is 0 Å². The topological polar surface area (TPSA) is 24.1 Å². The molecular weight excluding hydrogens is 192 g/mol. The van der Waals surface area contributed by atoms with Crippen LogP contribution in [0.2, 0.25) is 0 Å². The van der Waals surface area contributed by atoms with Gasteiger partial charge < -0.3 is 10.6 Å². The van der Waals surface area contributed by atoms with Gasteiger partial charge in [0.15, 0.2) is 0 Å². The molecule has 0 amide bonds. The zero-order valence-electron chi connectivity index (χ0n) is 9.35. The van der Waals surface area contributed by atoms with Crippen molar-refractivity contribution < 1.29 is 0 Å². The largest absolute Gasteiger partial charge is 0.315 e. The molecular formula is C11H24N2S. The minimum absolute atomic E-state index is 0.740. The standard InChI is InChI=1S/C11H24N2S/c1-14-9-4-2-3-8-13-11-6-5-7-12-10-11/h11-13H,2-10H2,1H3. The van der Waals surface area contributed by atoms with Crippen LogP contribution in [0.3, 0.4) is 0 Å². The Kier molecular flexibility index (Phi) is 7.55. The molecule has 0 saturated carbocycles. The van der Waals surface area contributed by atoms with E-state index in [1.54, 1.807) is 0 Å². The Balaban J connectivity index is 1.82. The van der Waals surface area contributed by atoms with Crippen LogP contribution in [0.1, 0.15) is 32.1 Å². The van der Waals surface area contributed by atoms with Gasteiger partial charge in [-0.2, -0.15) is 11.8 Å². The third-order valence-electron chi connectivity index (χ3n) is 2.76. The van der Waals surface area contributed by atoms with Gasteiger partial charge >= 0.3 is 0 Å². The van der Waals surface area contributed by atoms with Gasteiger partial charge in [0.05, 0.1) is 0 Å². The van der Waals surface area contributed by atoms with Crippen molar-refractivity contribution in [3.05, 3.63) is 0 Å². The summed E-state index contributed by atoms with van der Waals surface area (Å²) in [7, 11) is 0.